The molecule has 4 heteroatoms. The molecule has 2 unspecified atom stereocenters. The van der Waals surface area contributed by atoms with E-state index in [2.05, 4.69) is 26.1 Å². The summed E-state index contributed by atoms with van der Waals surface area (Å²) in [6, 6.07) is 5.87. The first kappa shape index (κ1) is 18.0. The Morgan fingerprint density at radius 2 is 1.67 bits per heavy atom. The van der Waals surface area contributed by atoms with Crippen LogP contribution in [0.15, 0.2) is 24.3 Å². The average Bonchev–Trinajstić information content (AvgIpc) is 2.43. The predicted octanol–water partition coefficient (Wildman–Crippen LogP) is 5.05. The monoisotopic (exact) mass is 301 g/mol. The zero-order valence-electron chi connectivity index (χ0n) is 13.1. The number of nitrogens with one attached hydrogen (secondary N) is 1. The Balaban J connectivity index is 2.73. The fourth-order valence-electron chi connectivity index (χ4n) is 2.54. The second-order valence-corrected chi connectivity index (χ2v) is 5.73. The highest BCUT2D eigenvalue weighted by Crippen LogP contribution is 2.29. The van der Waals surface area contributed by atoms with Gasteiger partial charge in [0.25, 0.3) is 0 Å². The van der Waals surface area contributed by atoms with Gasteiger partial charge in [-0.1, -0.05) is 39.3 Å². The summed E-state index contributed by atoms with van der Waals surface area (Å²) in [5, 5.41) is 3.53. The smallest absolute Gasteiger partial charge is 0.313 e. The van der Waals surface area contributed by atoms with Crippen molar-refractivity contribution in [1.82, 2.24) is 5.32 Å². The van der Waals surface area contributed by atoms with Crippen molar-refractivity contribution in [3.8, 4) is 0 Å². The van der Waals surface area contributed by atoms with Crippen molar-refractivity contribution in [2.45, 2.75) is 58.7 Å². The number of hydrogen-bond acceptors (Lipinski definition) is 1. The third-order valence-electron chi connectivity index (χ3n) is 3.82. The maximum atomic E-state index is 12.6. The number of benzene rings is 1. The molecule has 0 saturated carbocycles. The van der Waals surface area contributed by atoms with Gasteiger partial charge in [-0.25, -0.2) is 0 Å². The summed E-state index contributed by atoms with van der Waals surface area (Å²) in [7, 11) is 0. The molecule has 1 aromatic rings. The SMILES string of the molecule is CCCNC(Cc1ccc(C(F)(F)F)cc1)C(C)CCC. The van der Waals surface area contributed by atoms with E-state index in [1.54, 1.807) is 12.1 Å². The summed E-state index contributed by atoms with van der Waals surface area (Å²) < 4.78 is 37.7. The van der Waals surface area contributed by atoms with E-state index in [0.717, 1.165) is 37.8 Å². The van der Waals surface area contributed by atoms with Crippen LogP contribution in [-0.2, 0) is 12.6 Å². The van der Waals surface area contributed by atoms with Gasteiger partial charge >= 0.3 is 6.18 Å². The lowest BCUT2D eigenvalue weighted by Gasteiger charge is -2.25. The lowest BCUT2D eigenvalue weighted by atomic mass is 9.91. The second kappa shape index (κ2) is 8.42. The Bertz CT molecular complexity index is 397. The summed E-state index contributed by atoms with van der Waals surface area (Å²) in [6.45, 7) is 7.43. The van der Waals surface area contributed by atoms with Gasteiger partial charge in [0.05, 0.1) is 5.56 Å². The van der Waals surface area contributed by atoms with Crippen LogP contribution in [0.3, 0.4) is 0 Å². The van der Waals surface area contributed by atoms with Crippen molar-refractivity contribution in [1.29, 1.82) is 0 Å². The van der Waals surface area contributed by atoms with Crippen LogP contribution in [0, 0.1) is 5.92 Å². The highest BCUT2D eigenvalue weighted by Gasteiger charge is 2.30. The lowest BCUT2D eigenvalue weighted by Crippen LogP contribution is -2.37. The van der Waals surface area contributed by atoms with E-state index in [-0.39, 0.29) is 0 Å². The third-order valence-corrected chi connectivity index (χ3v) is 3.82. The molecule has 0 saturated heterocycles. The van der Waals surface area contributed by atoms with Gasteiger partial charge in [-0.15, -0.1) is 0 Å². The fraction of sp³-hybridized carbons (Fsp3) is 0.647. The third kappa shape index (κ3) is 6.08. The van der Waals surface area contributed by atoms with Gasteiger partial charge in [-0.2, -0.15) is 13.2 Å². The zero-order chi connectivity index (χ0) is 15.9. The molecule has 0 aliphatic rings. The van der Waals surface area contributed by atoms with E-state index in [4.69, 9.17) is 0 Å². The summed E-state index contributed by atoms with van der Waals surface area (Å²) in [4.78, 5) is 0. The molecule has 1 rings (SSSR count). The molecule has 120 valence electrons. The van der Waals surface area contributed by atoms with Crippen LogP contribution in [0.1, 0.15) is 51.2 Å². The van der Waals surface area contributed by atoms with Gasteiger partial charge in [0, 0.05) is 6.04 Å². The minimum atomic E-state index is -4.26. The van der Waals surface area contributed by atoms with Gasteiger partial charge < -0.3 is 5.32 Å². The van der Waals surface area contributed by atoms with E-state index in [9.17, 15) is 13.2 Å². The summed E-state index contributed by atoms with van der Waals surface area (Å²) in [5.41, 5.74) is 0.380. The molecule has 1 nitrogen and oxygen atoms in total. The van der Waals surface area contributed by atoms with Crippen LogP contribution in [0.2, 0.25) is 0 Å². The second-order valence-electron chi connectivity index (χ2n) is 5.73. The number of rotatable bonds is 8. The first-order chi connectivity index (χ1) is 9.88. The fourth-order valence-corrected chi connectivity index (χ4v) is 2.54. The zero-order valence-corrected chi connectivity index (χ0v) is 13.1. The molecule has 0 spiro atoms. The molecule has 0 radical (unpaired) electrons. The molecular formula is C17H26F3N. The van der Waals surface area contributed by atoms with E-state index in [1.807, 2.05) is 0 Å². The van der Waals surface area contributed by atoms with Crippen molar-refractivity contribution in [2.24, 2.45) is 5.92 Å². The molecule has 0 aliphatic carbocycles. The van der Waals surface area contributed by atoms with Gasteiger partial charge in [0.2, 0.25) is 0 Å². The molecule has 0 amide bonds. The van der Waals surface area contributed by atoms with Crippen molar-refractivity contribution >= 4 is 0 Å². The Morgan fingerprint density at radius 1 is 1.05 bits per heavy atom. The van der Waals surface area contributed by atoms with Gasteiger partial charge in [-0.3, -0.25) is 0 Å². The molecule has 0 aliphatic heterocycles. The topological polar surface area (TPSA) is 12.0 Å². The molecule has 1 N–H and O–H groups in total. The molecule has 0 aromatic heterocycles. The normalized spacial score (nSPS) is 15.0. The highest BCUT2D eigenvalue weighted by atomic mass is 19.4. The number of halogens is 3. The van der Waals surface area contributed by atoms with Gasteiger partial charge in [-0.05, 0) is 49.4 Å². The van der Waals surface area contributed by atoms with Crippen LogP contribution in [0.5, 0.6) is 0 Å². The van der Waals surface area contributed by atoms with E-state index in [1.165, 1.54) is 12.1 Å². The average molecular weight is 301 g/mol. The largest absolute Gasteiger partial charge is 0.416 e. The standard InChI is InChI=1S/C17H26F3N/c1-4-6-13(3)16(21-11-5-2)12-14-7-9-15(10-8-14)17(18,19)20/h7-10,13,16,21H,4-6,11-12H2,1-3H3. The minimum absolute atomic E-state index is 0.321. The Hall–Kier alpha value is -1.03. The van der Waals surface area contributed by atoms with Gasteiger partial charge in [0.15, 0.2) is 0 Å². The molecule has 21 heavy (non-hydrogen) atoms. The van der Waals surface area contributed by atoms with Crippen LogP contribution < -0.4 is 5.32 Å². The van der Waals surface area contributed by atoms with E-state index < -0.39 is 11.7 Å². The molecule has 0 bridgehead atoms. The minimum Gasteiger partial charge on any atom is -0.313 e. The van der Waals surface area contributed by atoms with Crippen molar-refractivity contribution in [2.75, 3.05) is 6.54 Å². The Kier molecular flexibility index (Phi) is 7.23. The van der Waals surface area contributed by atoms with Crippen LogP contribution in [-0.4, -0.2) is 12.6 Å². The molecule has 0 heterocycles. The summed E-state index contributed by atoms with van der Waals surface area (Å²) in [6.07, 6.45) is -0.171. The van der Waals surface area contributed by atoms with Gasteiger partial charge in [0.1, 0.15) is 0 Å². The number of alkyl halides is 3. The van der Waals surface area contributed by atoms with Crippen LogP contribution in [0.4, 0.5) is 13.2 Å². The van der Waals surface area contributed by atoms with Crippen LogP contribution >= 0.6 is 0 Å². The van der Waals surface area contributed by atoms with Crippen molar-refractivity contribution in [3.63, 3.8) is 0 Å². The van der Waals surface area contributed by atoms with E-state index >= 15 is 0 Å². The highest BCUT2D eigenvalue weighted by molar-refractivity contribution is 5.25. The Labute approximate surface area is 125 Å². The lowest BCUT2D eigenvalue weighted by molar-refractivity contribution is -0.137. The maximum Gasteiger partial charge on any atom is 0.416 e. The Morgan fingerprint density at radius 3 is 2.14 bits per heavy atom. The summed E-state index contributed by atoms with van der Waals surface area (Å²) >= 11 is 0. The first-order valence-electron chi connectivity index (χ1n) is 7.78. The molecule has 2 atom stereocenters. The van der Waals surface area contributed by atoms with Crippen molar-refractivity contribution in [3.05, 3.63) is 35.4 Å². The number of hydrogen-bond donors (Lipinski definition) is 1. The predicted molar refractivity (Wildman–Crippen MR) is 81.3 cm³/mol. The van der Waals surface area contributed by atoms with E-state index in [0.29, 0.717) is 12.0 Å². The molecule has 1 aromatic carbocycles. The molecular weight excluding hydrogens is 275 g/mol. The van der Waals surface area contributed by atoms with Crippen LogP contribution in [0.25, 0.3) is 0 Å². The quantitative estimate of drug-likeness (QED) is 0.708. The molecule has 0 fully saturated rings. The first-order valence-corrected chi connectivity index (χ1v) is 7.78. The maximum absolute atomic E-state index is 12.6. The van der Waals surface area contributed by atoms with Crippen molar-refractivity contribution < 1.29 is 13.2 Å². The summed E-state index contributed by atoms with van der Waals surface area (Å²) in [5.74, 6) is 0.517.